The van der Waals surface area contributed by atoms with Crippen LogP contribution in [0.4, 0.5) is 14.9 Å². The fraction of sp³-hybridized carbons (Fsp3) is 0.300. The molecule has 1 aromatic rings. The van der Waals surface area contributed by atoms with E-state index in [2.05, 4.69) is 26.0 Å². The number of cyclic esters (lactones) is 1. The van der Waals surface area contributed by atoms with Crippen molar-refractivity contribution in [2.75, 3.05) is 18.1 Å². The first-order valence-electron chi connectivity index (χ1n) is 5.05. The summed E-state index contributed by atoms with van der Waals surface area (Å²) in [5.74, 6) is -0.477. The van der Waals surface area contributed by atoms with Crippen LogP contribution < -0.4 is 4.90 Å². The highest BCUT2D eigenvalue weighted by molar-refractivity contribution is 9.10. The third-order valence-corrected chi connectivity index (χ3v) is 3.14. The van der Waals surface area contributed by atoms with Crippen molar-refractivity contribution in [3.8, 4) is 0 Å². The van der Waals surface area contributed by atoms with Gasteiger partial charge in [-0.25, -0.2) is 9.18 Å². The minimum absolute atomic E-state index is 0.0833. The fourth-order valence-electron chi connectivity index (χ4n) is 1.68. The van der Waals surface area contributed by atoms with Gasteiger partial charge in [-0.1, -0.05) is 5.11 Å². The third kappa shape index (κ3) is 2.39. The van der Waals surface area contributed by atoms with E-state index >= 15 is 0 Å². The van der Waals surface area contributed by atoms with Crippen LogP contribution in [0.1, 0.15) is 0 Å². The van der Waals surface area contributed by atoms with Gasteiger partial charge in [-0.05, 0) is 39.7 Å². The first kappa shape index (κ1) is 12.7. The highest BCUT2D eigenvalue weighted by atomic mass is 79.9. The number of amides is 1. The number of carbonyl (C=O) groups is 1. The Bertz CT molecular complexity index is 533. The number of hydrogen-bond acceptors (Lipinski definition) is 3. The maximum absolute atomic E-state index is 13.4. The molecule has 1 aromatic carbocycles. The van der Waals surface area contributed by atoms with Crippen LogP contribution in [-0.2, 0) is 4.74 Å². The van der Waals surface area contributed by atoms with Gasteiger partial charge in [0.25, 0.3) is 0 Å². The average Bonchev–Trinajstić information content (AvgIpc) is 2.71. The van der Waals surface area contributed by atoms with Crippen molar-refractivity contribution >= 4 is 27.7 Å². The Morgan fingerprint density at radius 1 is 1.67 bits per heavy atom. The molecule has 0 saturated carbocycles. The summed E-state index contributed by atoms with van der Waals surface area (Å²) in [6, 6.07) is 3.90. The molecule has 6 nitrogen and oxygen atoms in total. The zero-order valence-electron chi connectivity index (χ0n) is 9.08. The number of halogens is 2. The predicted octanol–water partition coefficient (Wildman–Crippen LogP) is 3.22. The van der Waals surface area contributed by atoms with E-state index in [0.717, 1.165) is 0 Å². The van der Waals surface area contributed by atoms with E-state index < -0.39 is 18.0 Å². The molecule has 1 aliphatic rings. The summed E-state index contributed by atoms with van der Waals surface area (Å²) in [6.07, 6.45) is -0.574. The van der Waals surface area contributed by atoms with Crippen LogP contribution in [0.25, 0.3) is 10.4 Å². The Morgan fingerprint density at radius 2 is 2.44 bits per heavy atom. The van der Waals surface area contributed by atoms with Crippen LogP contribution in [0.5, 0.6) is 0 Å². The Balaban J connectivity index is 2.30. The summed E-state index contributed by atoms with van der Waals surface area (Å²) >= 11 is 3.03. The molecule has 1 heterocycles. The largest absolute Gasteiger partial charge is 0.447 e. The zero-order valence-corrected chi connectivity index (χ0v) is 10.7. The van der Waals surface area contributed by atoms with Gasteiger partial charge in [0.1, 0.15) is 12.4 Å². The quantitative estimate of drug-likeness (QED) is 0.488. The summed E-state index contributed by atoms with van der Waals surface area (Å²) in [6.45, 7) is 0.204. The van der Waals surface area contributed by atoms with Gasteiger partial charge >= 0.3 is 6.09 Å². The summed E-state index contributed by atoms with van der Waals surface area (Å²) < 4.78 is 18.6. The maximum atomic E-state index is 13.4. The number of nitrogens with zero attached hydrogens (tertiary/aromatic N) is 4. The average molecular weight is 315 g/mol. The fourth-order valence-corrected chi connectivity index (χ4v) is 1.92. The SMILES string of the molecule is [N-]=[N+]=NCC1COC(=O)N1c1ccc(Br)c(F)c1. The molecule has 1 fully saturated rings. The second-order valence-corrected chi connectivity index (χ2v) is 4.47. The van der Waals surface area contributed by atoms with Gasteiger partial charge in [0.15, 0.2) is 0 Å². The van der Waals surface area contributed by atoms with Gasteiger partial charge in [0.05, 0.1) is 22.7 Å². The molecule has 0 aliphatic carbocycles. The minimum Gasteiger partial charge on any atom is -0.447 e. The molecule has 0 radical (unpaired) electrons. The number of rotatable bonds is 3. The molecule has 1 atom stereocenters. The van der Waals surface area contributed by atoms with E-state index in [9.17, 15) is 9.18 Å². The third-order valence-electron chi connectivity index (χ3n) is 2.50. The molecule has 0 bridgehead atoms. The first-order chi connectivity index (χ1) is 8.63. The number of anilines is 1. The Labute approximate surface area is 110 Å². The van der Waals surface area contributed by atoms with Crippen LogP contribution in [0, 0.1) is 5.82 Å². The Kier molecular flexibility index (Phi) is 3.69. The molecule has 1 unspecified atom stereocenters. The number of hydrogen-bond donors (Lipinski definition) is 0. The molecular weight excluding hydrogens is 307 g/mol. The zero-order chi connectivity index (χ0) is 13.1. The summed E-state index contributed by atoms with van der Waals surface area (Å²) in [5.41, 5.74) is 8.65. The lowest BCUT2D eigenvalue weighted by Gasteiger charge is -2.20. The van der Waals surface area contributed by atoms with Gasteiger partial charge < -0.3 is 4.74 Å². The number of benzene rings is 1. The second kappa shape index (κ2) is 5.24. The smallest absolute Gasteiger partial charge is 0.414 e. The number of carbonyl (C=O) groups excluding carboxylic acids is 1. The molecule has 18 heavy (non-hydrogen) atoms. The number of azide groups is 1. The molecular formula is C10H8BrFN4O2. The molecule has 1 saturated heterocycles. The predicted molar refractivity (Wildman–Crippen MR) is 65.7 cm³/mol. The van der Waals surface area contributed by atoms with Gasteiger partial charge in [-0.15, -0.1) is 0 Å². The maximum Gasteiger partial charge on any atom is 0.414 e. The molecule has 1 aliphatic heterocycles. The summed E-state index contributed by atoms with van der Waals surface area (Å²) in [5, 5.41) is 3.41. The first-order valence-corrected chi connectivity index (χ1v) is 5.84. The monoisotopic (exact) mass is 314 g/mol. The Morgan fingerprint density at radius 3 is 3.11 bits per heavy atom. The second-order valence-electron chi connectivity index (χ2n) is 3.61. The van der Waals surface area contributed by atoms with Crippen molar-refractivity contribution in [1.82, 2.24) is 0 Å². The lowest BCUT2D eigenvalue weighted by Crippen LogP contribution is -2.35. The van der Waals surface area contributed by atoms with Gasteiger partial charge in [0, 0.05) is 4.91 Å². The van der Waals surface area contributed by atoms with Crippen LogP contribution in [0.15, 0.2) is 27.8 Å². The molecule has 2 rings (SSSR count). The van der Waals surface area contributed by atoms with E-state index in [1.165, 1.54) is 17.0 Å². The molecule has 0 aromatic heterocycles. The normalized spacial score (nSPS) is 18.4. The van der Waals surface area contributed by atoms with Gasteiger partial charge in [-0.2, -0.15) is 0 Å². The summed E-state index contributed by atoms with van der Waals surface area (Å²) in [7, 11) is 0. The Hall–Kier alpha value is -1.79. The standard InChI is InChI=1S/C10H8BrFN4O2/c11-8-2-1-6(3-9(8)12)16-7(4-14-15-13)5-18-10(16)17/h1-3,7H,4-5H2. The van der Waals surface area contributed by atoms with Crippen molar-refractivity contribution in [1.29, 1.82) is 0 Å². The topological polar surface area (TPSA) is 78.3 Å². The number of ether oxygens (including phenoxy) is 1. The lowest BCUT2D eigenvalue weighted by atomic mass is 10.2. The van der Waals surface area contributed by atoms with Crippen LogP contribution in [0.3, 0.4) is 0 Å². The highest BCUT2D eigenvalue weighted by Gasteiger charge is 2.33. The minimum atomic E-state index is -0.574. The van der Waals surface area contributed by atoms with Crippen molar-refractivity contribution in [2.24, 2.45) is 5.11 Å². The van der Waals surface area contributed by atoms with Gasteiger partial charge in [0.2, 0.25) is 0 Å². The molecule has 8 heteroatoms. The molecule has 0 spiro atoms. The highest BCUT2D eigenvalue weighted by Crippen LogP contribution is 2.27. The lowest BCUT2D eigenvalue weighted by molar-refractivity contribution is 0.179. The van der Waals surface area contributed by atoms with Crippen molar-refractivity contribution in [3.05, 3.63) is 38.9 Å². The van der Waals surface area contributed by atoms with Gasteiger partial charge in [-0.3, -0.25) is 4.90 Å². The van der Waals surface area contributed by atoms with E-state index in [1.54, 1.807) is 6.07 Å². The molecule has 0 N–H and O–H groups in total. The van der Waals surface area contributed by atoms with Crippen molar-refractivity contribution in [2.45, 2.75) is 6.04 Å². The van der Waals surface area contributed by atoms with E-state index in [0.29, 0.717) is 10.2 Å². The van der Waals surface area contributed by atoms with E-state index in [-0.39, 0.29) is 13.2 Å². The van der Waals surface area contributed by atoms with Crippen LogP contribution >= 0.6 is 15.9 Å². The van der Waals surface area contributed by atoms with E-state index in [1.807, 2.05) is 0 Å². The van der Waals surface area contributed by atoms with Crippen molar-refractivity contribution in [3.63, 3.8) is 0 Å². The van der Waals surface area contributed by atoms with E-state index in [4.69, 9.17) is 10.3 Å². The van der Waals surface area contributed by atoms with Crippen molar-refractivity contribution < 1.29 is 13.9 Å². The van der Waals surface area contributed by atoms with Crippen LogP contribution in [-0.4, -0.2) is 25.3 Å². The van der Waals surface area contributed by atoms with Crippen LogP contribution in [0.2, 0.25) is 0 Å². The molecule has 94 valence electrons. The summed E-state index contributed by atoms with van der Waals surface area (Å²) in [4.78, 5) is 15.5. The molecule has 1 amide bonds.